The quantitative estimate of drug-likeness (QED) is 0.572. The number of ether oxygens (including phenoxy) is 2. The van der Waals surface area contributed by atoms with Gasteiger partial charge in [0.2, 0.25) is 0 Å². The van der Waals surface area contributed by atoms with E-state index in [-0.39, 0.29) is 0 Å². The van der Waals surface area contributed by atoms with Gasteiger partial charge in [0.1, 0.15) is 11.5 Å². The van der Waals surface area contributed by atoms with Crippen molar-refractivity contribution in [2.24, 2.45) is 5.90 Å². The molecule has 0 aromatic heterocycles. The van der Waals surface area contributed by atoms with Crippen LogP contribution in [0.5, 0.6) is 11.5 Å². The molecule has 1 rings (SSSR count). The van der Waals surface area contributed by atoms with Crippen molar-refractivity contribution < 1.29 is 14.3 Å². The number of aryl methyl sites for hydroxylation is 1. The number of benzene rings is 1. The zero-order valence-electron chi connectivity index (χ0n) is 9.16. The molecule has 4 nitrogen and oxygen atoms in total. The van der Waals surface area contributed by atoms with Crippen LogP contribution >= 0.6 is 0 Å². The molecular weight excluding hydrogens is 194 g/mol. The summed E-state index contributed by atoms with van der Waals surface area (Å²) in [7, 11) is 3.29. The lowest BCUT2D eigenvalue weighted by Crippen LogP contribution is -2.02. The van der Waals surface area contributed by atoms with Crippen LogP contribution in [-0.2, 0) is 11.3 Å². The highest BCUT2D eigenvalue weighted by molar-refractivity contribution is 5.40. The van der Waals surface area contributed by atoms with Crippen LogP contribution in [0.25, 0.3) is 0 Å². The van der Waals surface area contributed by atoms with Gasteiger partial charge in [0.05, 0.1) is 20.8 Å². The third-order valence-electron chi connectivity index (χ3n) is 2.20. The smallest absolute Gasteiger partial charge is 0.125 e. The minimum atomic E-state index is 0.551. The third-order valence-corrected chi connectivity index (χ3v) is 2.20. The molecule has 0 heterocycles. The Labute approximate surface area is 89.9 Å². The lowest BCUT2D eigenvalue weighted by molar-refractivity contribution is 0.135. The Morgan fingerprint density at radius 2 is 2.00 bits per heavy atom. The van der Waals surface area contributed by atoms with E-state index in [0.29, 0.717) is 6.61 Å². The van der Waals surface area contributed by atoms with E-state index in [9.17, 15) is 0 Å². The van der Waals surface area contributed by atoms with Gasteiger partial charge in [-0.15, -0.1) is 0 Å². The lowest BCUT2D eigenvalue weighted by atomic mass is 10.1. The number of hydrogen-bond donors (Lipinski definition) is 1. The molecule has 0 unspecified atom stereocenters. The molecule has 0 saturated carbocycles. The topological polar surface area (TPSA) is 53.7 Å². The molecule has 0 saturated heterocycles. The van der Waals surface area contributed by atoms with E-state index in [1.165, 1.54) is 0 Å². The minimum absolute atomic E-state index is 0.551. The lowest BCUT2D eigenvalue weighted by Gasteiger charge is -2.09. The standard InChI is InChI=1S/C11H17NO3/c1-13-10-6-5-9(4-3-7-15-12)11(8-10)14-2/h5-6,8H,3-4,7,12H2,1-2H3. The van der Waals surface area contributed by atoms with Gasteiger partial charge in [-0.25, -0.2) is 5.90 Å². The second-order valence-electron chi connectivity index (χ2n) is 3.15. The summed E-state index contributed by atoms with van der Waals surface area (Å²) in [5.74, 6) is 6.59. The first-order chi connectivity index (χ1) is 7.31. The molecule has 0 aliphatic carbocycles. The molecule has 0 fully saturated rings. The first-order valence-electron chi connectivity index (χ1n) is 4.84. The molecular formula is C11H17NO3. The molecule has 0 atom stereocenters. The van der Waals surface area contributed by atoms with E-state index < -0.39 is 0 Å². The van der Waals surface area contributed by atoms with Gasteiger partial charge in [0.15, 0.2) is 0 Å². The van der Waals surface area contributed by atoms with Crippen LogP contribution in [-0.4, -0.2) is 20.8 Å². The summed E-state index contributed by atoms with van der Waals surface area (Å²) in [6.07, 6.45) is 1.75. The number of rotatable bonds is 6. The van der Waals surface area contributed by atoms with Gasteiger partial charge in [-0.2, -0.15) is 0 Å². The van der Waals surface area contributed by atoms with Crippen LogP contribution in [0.3, 0.4) is 0 Å². The highest BCUT2D eigenvalue weighted by Gasteiger charge is 2.04. The van der Waals surface area contributed by atoms with Gasteiger partial charge in [-0.1, -0.05) is 6.07 Å². The van der Waals surface area contributed by atoms with Crippen molar-refractivity contribution in [3.8, 4) is 11.5 Å². The van der Waals surface area contributed by atoms with E-state index in [4.69, 9.17) is 15.4 Å². The van der Waals surface area contributed by atoms with Gasteiger partial charge in [-0.05, 0) is 24.5 Å². The first kappa shape index (κ1) is 11.8. The van der Waals surface area contributed by atoms with Crippen molar-refractivity contribution in [3.05, 3.63) is 23.8 Å². The third kappa shape index (κ3) is 3.42. The van der Waals surface area contributed by atoms with Crippen molar-refractivity contribution in [3.63, 3.8) is 0 Å². The molecule has 15 heavy (non-hydrogen) atoms. The van der Waals surface area contributed by atoms with Crippen molar-refractivity contribution >= 4 is 0 Å². The summed E-state index contributed by atoms with van der Waals surface area (Å²) < 4.78 is 10.4. The van der Waals surface area contributed by atoms with Crippen molar-refractivity contribution in [2.45, 2.75) is 12.8 Å². The van der Waals surface area contributed by atoms with E-state index in [0.717, 1.165) is 29.9 Å². The monoisotopic (exact) mass is 211 g/mol. The largest absolute Gasteiger partial charge is 0.497 e. The van der Waals surface area contributed by atoms with Crippen molar-refractivity contribution in [1.29, 1.82) is 0 Å². The summed E-state index contributed by atoms with van der Waals surface area (Å²) in [6.45, 7) is 0.551. The predicted molar refractivity (Wildman–Crippen MR) is 58.0 cm³/mol. The van der Waals surface area contributed by atoms with E-state index in [1.54, 1.807) is 14.2 Å². The van der Waals surface area contributed by atoms with E-state index >= 15 is 0 Å². The Morgan fingerprint density at radius 3 is 2.60 bits per heavy atom. The molecule has 0 spiro atoms. The Balaban J connectivity index is 2.69. The summed E-state index contributed by atoms with van der Waals surface area (Å²) in [5, 5.41) is 0. The van der Waals surface area contributed by atoms with E-state index in [2.05, 4.69) is 4.84 Å². The predicted octanol–water partition coefficient (Wildman–Crippen LogP) is 1.53. The maximum absolute atomic E-state index is 5.27. The van der Waals surface area contributed by atoms with Gasteiger partial charge < -0.3 is 14.3 Å². The van der Waals surface area contributed by atoms with Crippen molar-refractivity contribution in [2.75, 3.05) is 20.8 Å². The zero-order chi connectivity index (χ0) is 11.1. The fraction of sp³-hybridized carbons (Fsp3) is 0.455. The fourth-order valence-electron chi connectivity index (χ4n) is 1.40. The minimum Gasteiger partial charge on any atom is -0.497 e. The fourth-order valence-corrected chi connectivity index (χ4v) is 1.40. The van der Waals surface area contributed by atoms with Crippen LogP contribution in [0.2, 0.25) is 0 Å². The van der Waals surface area contributed by atoms with Crippen LogP contribution in [0.1, 0.15) is 12.0 Å². The van der Waals surface area contributed by atoms with E-state index in [1.807, 2.05) is 18.2 Å². The average molecular weight is 211 g/mol. The van der Waals surface area contributed by atoms with Gasteiger partial charge >= 0.3 is 0 Å². The van der Waals surface area contributed by atoms with Gasteiger partial charge in [0, 0.05) is 6.07 Å². The Hall–Kier alpha value is -1.26. The van der Waals surface area contributed by atoms with Gasteiger partial charge in [-0.3, -0.25) is 0 Å². The summed E-state index contributed by atoms with van der Waals surface area (Å²) >= 11 is 0. The summed E-state index contributed by atoms with van der Waals surface area (Å²) in [4.78, 5) is 4.52. The molecule has 2 N–H and O–H groups in total. The molecule has 0 aliphatic rings. The molecule has 84 valence electrons. The molecule has 1 aromatic rings. The molecule has 0 radical (unpaired) electrons. The SMILES string of the molecule is COc1ccc(CCCON)c(OC)c1. The Morgan fingerprint density at radius 1 is 1.20 bits per heavy atom. The Kier molecular flexibility index (Phi) is 4.93. The maximum atomic E-state index is 5.27. The molecule has 4 heteroatoms. The normalized spacial score (nSPS) is 10.1. The van der Waals surface area contributed by atoms with Gasteiger partial charge in [0.25, 0.3) is 0 Å². The maximum Gasteiger partial charge on any atom is 0.125 e. The van der Waals surface area contributed by atoms with Crippen molar-refractivity contribution in [1.82, 2.24) is 0 Å². The number of nitrogens with two attached hydrogens (primary N) is 1. The van der Waals surface area contributed by atoms with Crippen LogP contribution < -0.4 is 15.4 Å². The first-order valence-corrected chi connectivity index (χ1v) is 4.84. The highest BCUT2D eigenvalue weighted by atomic mass is 16.6. The average Bonchev–Trinajstić information content (AvgIpc) is 2.29. The summed E-state index contributed by atoms with van der Waals surface area (Å²) in [6, 6.07) is 5.79. The summed E-state index contributed by atoms with van der Waals surface area (Å²) in [5.41, 5.74) is 1.13. The van der Waals surface area contributed by atoms with Crippen LogP contribution in [0.15, 0.2) is 18.2 Å². The Bertz CT molecular complexity index is 302. The second kappa shape index (κ2) is 6.27. The highest BCUT2D eigenvalue weighted by Crippen LogP contribution is 2.25. The van der Waals surface area contributed by atoms with Crippen LogP contribution in [0.4, 0.5) is 0 Å². The second-order valence-corrected chi connectivity index (χ2v) is 3.15. The molecule has 1 aromatic carbocycles. The molecule has 0 aliphatic heterocycles. The number of methoxy groups -OCH3 is 2. The van der Waals surface area contributed by atoms with Crippen LogP contribution in [0, 0.1) is 0 Å². The number of hydrogen-bond acceptors (Lipinski definition) is 4. The zero-order valence-corrected chi connectivity index (χ0v) is 9.16. The molecule has 0 amide bonds. The molecule has 0 bridgehead atoms.